The summed E-state index contributed by atoms with van der Waals surface area (Å²) in [4.78, 5) is 13.1. The van der Waals surface area contributed by atoms with E-state index in [0.29, 0.717) is 5.56 Å². The fraction of sp³-hybridized carbons (Fsp3) is 0.500. The number of urea groups is 1. The van der Waals surface area contributed by atoms with Gasteiger partial charge in [0.2, 0.25) is 0 Å². The first-order chi connectivity index (χ1) is 10.2. The molecule has 1 rings (SSSR count). The highest BCUT2D eigenvalue weighted by atomic mass is 19.4. The van der Waals surface area contributed by atoms with Crippen LogP contribution in [0.4, 0.5) is 18.0 Å². The molecule has 0 radical (unpaired) electrons. The van der Waals surface area contributed by atoms with Crippen molar-refractivity contribution in [2.75, 3.05) is 20.2 Å². The van der Waals surface area contributed by atoms with Crippen molar-refractivity contribution in [2.24, 2.45) is 0 Å². The summed E-state index contributed by atoms with van der Waals surface area (Å²) in [5.41, 5.74) is 0.345. The minimum atomic E-state index is -4.75. The molecule has 0 aliphatic heterocycles. The Morgan fingerprint density at radius 3 is 2.64 bits per heavy atom. The number of hydrogen-bond acceptors (Lipinski definition) is 3. The molecular weight excluding hydrogens is 301 g/mol. The Morgan fingerprint density at radius 2 is 2.05 bits per heavy atom. The highest BCUT2D eigenvalue weighted by Gasteiger charge is 2.31. The van der Waals surface area contributed by atoms with Crippen molar-refractivity contribution in [1.82, 2.24) is 10.2 Å². The molecule has 2 N–H and O–H groups in total. The molecular formula is C14H19F3N2O3. The van der Waals surface area contributed by atoms with E-state index in [9.17, 15) is 18.0 Å². The number of amides is 2. The first-order valence-electron chi connectivity index (χ1n) is 6.69. The zero-order valence-electron chi connectivity index (χ0n) is 12.4. The van der Waals surface area contributed by atoms with Gasteiger partial charge in [-0.3, -0.25) is 0 Å². The maximum absolute atomic E-state index is 12.3. The summed E-state index contributed by atoms with van der Waals surface area (Å²) < 4.78 is 40.8. The molecule has 0 aliphatic rings. The number of likely N-dealkylation sites (N-methyl/N-ethyl adjacent to an activating group) is 1. The van der Waals surface area contributed by atoms with E-state index in [4.69, 9.17) is 5.11 Å². The topological polar surface area (TPSA) is 61.8 Å². The molecule has 1 atom stereocenters. The van der Waals surface area contributed by atoms with Gasteiger partial charge < -0.3 is 20.1 Å². The fourth-order valence-corrected chi connectivity index (χ4v) is 1.69. The Hall–Kier alpha value is -1.96. The number of halogens is 3. The predicted molar refractivity (Wildman–Crippen MR) is 74.5 cm³/mol. The van der Waals surface area contributed by atoms with Crippen LogP contribution < -0.4 is 10.1 Å². The number of nitrogens with one attached hydrogen (secondary N) is 1. The fourth-order valence-electron chi connectivity index (χ4n) is 1.69. The number of para-hydroxylation sites is 1. The standard InChI is InChI=1S/C14H19F3N2O3/c1-10(9-20)19(2)13(21)18-8-7-11-5-3-4-6-12(11)22-14(15,16)17/h3-6,10,20H,7-9H2,1-2H3,(H,18,21). The lowest BCUT2D eigenvalue weighted by molar-refractivity contribution is -0.274. The molecule has 2 amide bonds. The summed E-state index contributed by atoms with van der Waals surface area (Å²) in [6, 6.07) is 5.02. The number of nitrogens with zero attached hydrogens (tertiary/aromatic N) is 1. The van der Waals surface area contributed by atoms with Gasteiger partial charge in [-0.2, -0.15) is 0 Å². The number of rotatable bonds is 6. The Labute approximate surface area is 126 Å². The lowest BCUT2D eigenvalue weighted by Crippen LogP contribution is -2.44. The summed E-state index contributed by atoms with van der Waals surface area (Å²) in [6.07, 6.45) is -4.56. The van der Waals surface area contributed by atoms with E-state index in [-0.39, 0.29) is 31.4 Å². The minimum Gasteiger partial charge on any atom is -0.406 e. The zero-order valence-corrected chi connectivity index (χ0v) is 12.4. The molecule has 22 heavy (non-hydrogen) atoms. The van der Waals surface area contributed by atoms with Crippen LogP contribution >= 0.6 is 0 Å². The third-order valence-corrected chi connectivity index (χ3v) is 3.11. The zero-order chi connectivity index (χ0) is 16.8. The summed E-state index contributed by atoms with van der Waals surface area (Å²) in [6.45, 7) is 1.65. The van der Waals surface area contributed by atoms with Crippen LogP contribution in [-0.4, -0.2) is 48.6 Å². The van der Waals surface area contributed by atoms with Gasteiger partial charge in [-0.1, -0.05) is 18.2 Å². The molecule has 8 heteroatoms. The Balaban J connectivity index is 2.57. The van der Waals surface area contributed by atoms with Crippen LogP contribution in [0.5, 0.6) is 5.75 Å². The lowest BCUT2D eigenvalue weighted by atomic mass is 10.1. The maximum atomic E-state index is 12.3. The SMILES string of the molecule is CC(CO)N(C)C(=O)NCCc1ccccc1OC(F)(F)F. The van der Waals surface area contributed by atoms with Gasteiger partial charge in [-0.25, -0.2) is 4.79 Å². The number of ether oxygens (including phenoxy) is 1. The molecule has 0 aliphatic carbocycles. The molecule has 0 fully saturated rings. The monoisotopic (exact) mass is 320 g/mol. The molecule has 0 saturated carbocycles. The largest absolute Gasteiger partial charge is 0.573 e. The molecule has 1 aromatic rings. The maximum Gasteiger partial charge on any atom is 0.573 e. The van der Waals surface area contributed by atoms with Gasteiger partial charge in [0, 0.05) is 13.6 Å². The second-order valence-electron chi connectivity index (χ2n) is 4.78. The molecule has 5 nitrogen and oxygen atoms in total. The van der Waals surface area contributed by atoms with Gasteiger partial charge in [0.15, 0.2) is 0 Å². The number of alkyl halides is 3. The van der Waals surface area contributed by atoms with Crippen LogP contribution in [0.2, 0.25) is 0 Å². The predicted octanol–water partition coefficient (Wildman–Crippen LogP) is 2.15. The van der Waals surface area contributed by atoms with Crippen LogP contribution in [0.3, 0.4) is 0 Å². The van der Waals surface area contributed by atoms with E-state index in [1.165, 1.54) is 30.1 Å². The van der Waals surface area contributed by atoms with Crippen molar-refractivity contribution in [3.8, 4) is 5.75 Å². The Kier molecular flexibility index (Phi) is 6.48. The van der Waals surface area contributed by atoms with Crippen LogP contribution in [0, 0.1) is 0 Å². The van der Waals surface area contributed by atoms with Crippen molar-refractivity contribution >= 4 is 6.03 Å². The molecule has 0 saturated heterocycles. The first kappa shape index (κ1) is 18.1. The van der Waals surface area contributed by atoms with Crippen LogP contribution in [0.25, 0.3) is 0 Å². The summed E-state index contributed by atoms with van der Waals surface area (Å²) in [5, 5.41) is 11.5. The van der Waals surface area contributed by atoms with E-state index in [2.05, 4.69) is 10.1 Å². The molecule has 1 aromatic carbocycles. The van der Waals surface area contributed by atoms with E-state index < -0.39 is 12.4 Å². The quantitative estimate of drug-likeness (QED) is 0.844. The average molecular weight is 320 g/mol. The normalized spacial score (nSPS) is 12.6. The molecule has 124 valence electrons. The summed E-state index contributed by atoms with van der Waals surface area (Å²) >= 11 is 0. The lowest BCUT2D eigenvalue weighted by Gasteiger charge is -2.23. The second-order valence-corrected chi connectivity index (χ2v) is 4.78. The van der Waals surface area contributed by atoms with Gasteiger partial charge in [0.05, 0.1) is 12.6 Å². The number of carbonyl (C=O) groups excluding carboxylic acids is 1. The minimum absolute atomic E-state index is 0.152. The Bertz CT molecular complexity index is 494. The van der Waals surface area contributed by atoms with E-state index >= 15 is 0 Å². The third kappa shape index (κ3) is 5.80. The van der Waals surface area contributed by atoms with E-state index in [1.54, 1.807) is 13.0 Å². The molecule has 0 spiro atoms. The van der Waals surface area contributed by atoms with Crippen molar-refractivity contribution in [3.05, 3.63) is 29.8 Å². The van der Waals surface area contributed by atoms with E-state index in [1.807, 2.05) is 0 Å². The smallest absolute Gasteiger partial charge is 0.406 e. The first-order valence-corrected chi connectivity index (χ1v) is 6.69. The van der Waals surface area contributed by atoms with Gasteiger partial charge in [-0.05, 0) is 25.0 Å². The van der Waals surface area contributed by atoms with Crippen molar-refractivity contribution in [1.29, 1.82) is 0 Å². The average Bonchev–Trinajstić information content (AvgIpc) is 2.45. The third-order valence-electron chi connectivity index (χ3n) is 3.11. The van der Waals surface area contributed by atoms with Crippen molar-refractivity contribution in [3.63, 3.8) is 0 Å². The number of hydrogen-bond donors (Lipinski definition) is 2. The highest BCUT2D eigenvalue weighted by Crippen LogP contribution is 2.26. The van der Waals surface area contributed by atoms with Crippen molar-refractivity contribution < 1.29 is 27.8 Å². The molecule has 0 heterocycles. The van der Waals surface area contributed by atoms with Crippen molar-refractivity contribution in [2.45, 2.75) is 25.7 Å². The number of carbonyl (C=O) groups is 1. The molecule has 1 unspecified atom stereocenters. The van der Waals surface area contributed by atoms with Gasteiger partial charge in [0.25, 0.3) is 0 Å². The molecule has 0 bridgehead atoms. The Morgan fingerprint density at radius 1 is 1.41 bits per heavy atom. The van der Waals surface area contributed by atoms with Gasteiger partial charge >= 0.3 is 12.4 Å². The number of benzene rings is 1. The summed E-state index contributed by atoms with van der Waals surface area (Å²) in [5.74, 6) is -0.277. The van der Waals surface area contributed by atoms with Gasteiger partial charge in [0.1, 0.15) is 5.75 Å². The van der Waals surface area contributed by atoms with Gasteiger partial charge in [-0.15, -0.1) is 13.2 Å². The van der Waals surface area contributed by atoms with Crippen LogP contribution in [0.1, 0.15) is 12.5 Å². The highest BCUT2D eigenvalue weighted by molar-refractivity contribution is 5.74. The molecule has 0 aromatic heterocycles. The summed E-state index contributed by atoms with van der Waals surface area (Å²) in [7, 11) is 1.52. The van der Waals surface area contributed by atoms with Crippen LogP contribution in [-0.2, 0) is 6.42 Å². The number of aliphatic hydroxyl groups is 1. The number of aliphatic hydroxyl groups excluding tert-OH is 1. The van der Waals surface area contributed by atoms with E-state index in [0.717, 1.165) is 0 Å². The van der Waals surface area contributed by atoms with Crippen LogP contribution in [0.15, 0.2) is 24.3 Å². The second kappa shape index (κ2) is 7.88.